The first kappa shape index (κ1) is 13.4. The van der Waals surface area contributed by atoms with E-state index in [1.165, 1.54) is 16.6 Å². The molecule has 0 amide bonds. The second kappa shape index (κ2) is 5.31. The van der Waals surface area contributed by atoms with Crippen LogP contribution < -0.4 is 0 Å². The van der Waals surface area contributed by atoms with Crippen molar-refractivity contribution in [3.63, 3.8) is 0 Å². The van der Waals surface area contributed by atoms with Crippen LogP contribution in [0.5, 0.6) is 0 Å². The lowest BCUT2D eigenvalue weighted by atomic mass is 10.3. The van der Waals surface area contributed by atoms with Crippen molar-refractivity contribution in [1.29, 1.82) is 0 Å². The minimum atomic E-state index is -3.55. The summed E-state index contributed by atoms with van der Waals surface area (Å²) in [6.07, 6.45) is 2.03. The van der Waals surface area contributed by atoms with Crippen molar-refractivity contribution in [1.82, 2.24) is 9.29 Å². The summed E-state index contributed by atoms with van der Waals surface area (Å²) >= 11 is 0. The van der Waals surface area contributed by atoms with Crippen LogP contribution in [0, 0.1) is 0 Å². The highest BCUT2D eigenvalue weighted by Gasteiger charge is 2.33. The third-order valence-corrected chi connectivity index (χ3v) is 4.81. The molecule has 0 bridgehead atoms. The number of hydrogen-bond acceptors (Lipinski definition) is 5. The number of ether oxygens (including phenoxy) is 1. The molecule has 0 spiro atoms. The molecule has 1 unspecified atom stereocenters. The van der Waals surface area contributed by atoms with E-state index in [-0.39, 0.29) is 17.7 Å². The molecule has 2 rings (SSSR count). The zero-order valence-electron chi connectivity index (χ0n) is 10.1. The van der Waals surface area contributed by atoms with Crippen LogP contribution in [0.4, 0.5) is 0 Å². The average molecular weight is 272 g/mol. The fourth-order valence-electron chi connectivity index (χ4n) is 1.90. The molecular weight excluding hydrogens is 256 g/mol. The van der Waals surface area contributed by atoms with Crippen molar-refractivity contribution in [3.8, 4) is 0 Å². The number of aliphatic hydroxyl groups excluding tert-OH is 1. The quantitative estimate of drug-likeness (QED) is 0.833. The van der Waals surface area contributed by atoms with Gasteiger partial charge in [0.05, 0.1) is 12.7 Å². The largest absolute Gasteiger partial charge is 0.392 e. The van der Waals surface area contributed by atoms with Crippen molar-refractivity contribution < 1.29 is 18.3 Å². The predicted molar refractivity (Wildman–Crippen MR) is 64.3 cm³/mol. The van der Waals surface area contributed by atoms with Crippen molar-refractivity contribution in [2.75, 3.05) is 20.2 Å². The Morgan fingerprint density at radius 3 is 2.83 bits per heavy atom. The maximum absolute atomic E-state index is 12.2. The molecule has 1 atom stereocenters. The van der Waals surface area contributed by atoms with Crippen molar-refractivity contribution in [2.45, 2.75) is 24.2 Å². The van der Waals surface area contributed by atoms with Crippen LogP contribution in [0.3, 0.4) is 0 Å². The van der Waals surface area contributed by atoms with Gasteiger partial charge in [-0.2, -0.15) is 4.31 Å². The molecule has 1 saturated heterocycles. The topological polar surface area (TPSA) is 79.7 Å². The Hall–Kier alpha value is -1.02. The normalized spacial score (nSPS) is 21.3. The average Bonchev–Trinajstić information content (AvgIpc) is 2.88. The fourth-order valence-corrected chi connectivity index (χ4v) is 3.30. The van der Waals surface area contributed by atoms with Gasteiger partial charge in [-0.3, -0.25) is 0 Å². The van der Waals surface area contributed by atoms with E-state index >= 15 is 0 Å². The molecule has 7 heteroatoms. The minimum absolute atomic E-state index is 0.0106. The highest BCUT2D eigenvalue weighted by Crippen LogP contribution is 2.20. The lowest BCUT2D eigenvalue weighted by molar-refractivity contribution is 0.115. The van der Waals surface area contributed by atoms with E-state index in [4.69, 9.17) is 9.84 Å². The molecule has 6 nitrogen and oxygen atoms in total. The third-order valence-electron chi connectivity index (χ3n) is 3.03. The number of hydrogen-bond donors (Lipinski definition) is 1. The fraction of sp³-hybridized carbons (Fsp3) is 0.545. The monoisotopic (exact) mass is 272 g/mol. The lowest BCUT2D eigenvalue weighted by Crippen LogP contribution is -2.30. The number of methoxy groups -OCH3 is 1. The maximum atomic E-state index is 12.2. The molecule has 1 aliphatic heterocycles. The van der Waals surface area contributed by atoms with E-state index < -0.39 is 10.0 Å². The van der Waals surface area contributed by atoms with Crippen LogP contribution in [0.2, 0.25) is 0 Å². The number of sulfonamides is 1. The summed E-state index contributed by atoms with van der Waals surface area (Å²) in [5.41, 5.74) is 0.588. The van der Waals surface area contributed by atoms with Gasteiger partial charge >= 0.3 is 0 Å². The van der Waals surface area contributed by atoms with E-state index in [2.05, 4.69) is 4.98 Å². The van der Waals surface area contributed by atoms with Gasteiger partial charge in [0.2, 0.25) is 0 Å². The summed E-state index contributed by atoms with van der Waals surface area (Å²) in [5, 5.41) is 8.90. The molecular formula is C11H16N2O4S. The molecule has 0 saturated carbocycles. The zero-order valence-corrected chi connectivity index (χ0v) is 10.9. The molecule has 1 N–H and O–H groups in total. The van der Waals surface area contributed by atoms with E-state index in [9.17, 15) is 8.42 Å². The van der Waals surface area contributed by atoms with Gasteiger partial charge in [-0.05, 0) is 18.1 Å². The van der Waals surface area contributed by atoms with Crippen LogP contribution in [0.1, 0.15) is 12.0 Å². The number of pyridine rings is 1. The van der Waals surface area contributed by atoms with Gasteiger partial charge in [0.25, 0.3) is 10.0 Å². The lowest BCUT2D eigenvalue weighted by Gasteiger charge is -2.15. The third kappa shape index (κ3) is 2.54. The van der Waals surface area contributed by atoms with Crippen LogP contribution in [0.25, 0.3) is 0 Å². The van der Waals surface area contributed by atoms with E-state index in [0.29, 0.717) is 25.1 Å². The minimum Gasteiger partial charge on any atom is -0.392 e. The molecule has 18 heavy (non-hydrogen) atoms. The van der Waals surface area contributed by atoms with Crippen LogP contribution in [-0.4, -0.2) is 49.1 Å². The zero-order chi connectivity index (χ0) is 13.2. The van der Waals surface area contributed by atoms with Crippen LogP contribution in [0.15, 0.2) is 23.4 Å². The Bertz CT molecular complexity index is 500. The summed E-state index contributed by atoms with van der Waals surface area (Å²) < 4.78 is 31.0. The van der Waals surface area contributed by atoms with Crippen molar-refractivity contribution >= 4 is 10.0 Å². The van der Waals surface area contributed by atoms with Crippen molar-refractivity contribution in [3.05, 3.63) is 23.9 Å². The molecule has 1 fully saturated rings. The smallest absolute Gasteiger partial charge is 0.260 e. The Labute approximate surface area is 106 Å². The van der Waals surface area contributed by atoms with E-state index in [1.807, 2.05) is 0 Å². The highest BCUT2D eigenvalue weighted by atomic mass is 32.2. The Kier molecular flexibility index (Phi) is 3.96. The van der Waals surface area contributed by atoms with Crippen molar-refractivity contribution in [2.24, 2.45) is 0 Å². The van der Waals surface area contributed by atoms with Gasteiger partial charge in [0, 0.05) is 26.4 Å². The Morgan fingerprint density at radius 2 is 2.33 bits per heavy atom. The summed E-state index contributed by atoms with van der Waals surface area (Å²) in [4.78, 5) is 3.89. The van der Waals surface area contributed by atoms with Gasteiger partial charge < -0.3 is 9.84 Å². The van der Waals surface area contributed by atoms with Gasteiger partial charge in [0.1, 0.15) is 0 Å². The first-order valence-electron chi connectivity index (χ1n) is 5.66. The van der Waals surface area contributed by atoms with Gasteiger partial charge in [0.15, 0.2) is 5.03 Å². The highest BCUT2D eigenvalue weighted by molar-refractivity contribution is 7.89. The summed E-state index contributed by atoms with van der Waals surface area (Å²) in [6, 6.07) is 2.98. The summed E-state index contributed by atoms with van der Waals surface area (Å²) in [6.45, 7) is 0.662. The first-order chi connectivity index (χ1) is 8.57. The molecule has 100 valence electrons. The second-order valence-electron chi connectivity index (χ2n) is 4.17. The van der Waals surface area contributed by atoms with Gasteiger partial charge in [-0.1, -0.05) is 6.07 Å². The molecule has 1 aliphatic rings. The molecule has 0 aromatic carbocycles. The van der Waals surface area contributed by atoms with Gasteiger partial charge in [-0.25, -0.2) is 13.4 Å². The number of nitrogens with zero attached hydrogens (tertiary/aromatic N) is 2. The second-order valence-corrected chi connectivity index (χ2v) is 6.06. The first-order valence-corrected chi connectivity index (χ1v) is 7.10. The maximum Gasteiger partial charge on any atom is 0.260 e. The number of aliphatic hydroxyl groups is 1. The molecule has 1 aromatic rings. The van der Waals surface area contributed by atoms with E-state index in [1.54, 1.807) is 13.2 Å². The Morgan fingerprint density at radius 1 is 1.56 bits per heavy atom. The number of aromatic nitrogens is 1. The summed E-state index contributed by atoms with van der Waals surface area (Å²) in [7, 11) is -1.97. The molecule has 0 aliphatic carbocycles. The Balaban J connectivity index is 2.20. The molecule has 0 radical (unpaired) electrons. The van der Waals surface area contributed by atoms with Crippen LogP contribution >= 0.6 is 0 Å². The standard InChI is InChI=1S/C11H16N2O4S/c1-17-10-4-5-13(7-10)18(15,16)11-3-2-9(8-14)6-12-11/h2-3,6,10,14H,4-5,7-8H2,1H3. The van der Waals surface area contributed by atoms with Crippen LogP contribution in [-0.2, 0) is 21.4 Å². The number of rotatable bonds is 4. The summed E-state index contributed by atoms with van der Waals surface area (Å²) in [5.74, 6) is 0. The SMILES string of the molecule is COC1CCN(S(=O)(=O)c2ccc(CO)cn2)C1. The predicted octanol–water partition coefficient (Wildman–Crippen LogP) is -0.0167. The van der Waals surface area contributed by atoms with Gasteiger partial charge in [-0.15, -0.1) is 0 Å². The molecule has 2 heterocycles. The van der Waals surface area contributed by atoms with E-state index in [0.717, 1.165) is 0 Å². The molecule has 1 aromatic heterocycles.